The maximum Gasteiger partial charge on any atom is 0.00387 e. The molecule has 0 radical (unpaired) electrons. The van der Waals surface area contributed by atoms with E-state index in [1.165, 1.54) is 51.9 Å². The predicted octanol–water partition coefficient (Wildman–Crippen LogP) is 2.50. The Kier molecular flexibility index (Phi) is 6.26. The first-order chi connectivity index (χ1) is 7.26. The number of hydrogen-bond donors (Lipinski definition) is 1. The van der Waals surface area contributed by atoms with Crippen LogP contribution in [-0.2, 0) is 0 Å². The van der Waals surface area contributed by atoms with Gasteiger partial charge in [-0.25, -0.2) is 0 Å². The fourth-order valence-electron chi connectivity index (χ4n) is 2.51. The molecule has 2 heteroatoms. The normalized spacial score (nSPS) is 25.4. The third kappa shape index (κ3) is 4.98. The maximum absolute atomic E-state index is 3.67. The van der Waals surface area contributed by atoms with Gasteiger partial charge >= 0.3 is 0 Å². The van der Waals surface area contributed by atoms with E-state index in [1.54, 1.807) is 0 Å². The van der Waals surface area contributed by atoms with Crippen molar-refractivity contribution in [2.24, 2.45) is 5.92 Å². The first kappa shape index (κ1) is 13.0. The summed E-state index contributed by atoms with van der Waals surface area (Å²) < 4.78 is 0. The lowest BCUT2D eigenvalue weighted by molar-refractivity contribution is 0.177. The molecule has 1 fully saturated rings. The Bertz CT molecular complexity index is 159. The van der Waals surface area contributed by atoms with Gasteiger partial charge in [-0.1, -0.05) is 20.3 Å². The van der Waals surface area contributed by atoms with Gasteiger partial charge in [-0.15, -0.1) is 0 Å². The number of nitrogens with one attached hydrogen (secondary N) is 1. The van der Waals surface area contributed by atoms with Crippen LogP contribution in [0.1, 0.15) is 46.5 Å². The molecule has 0 bridgehead atoms. The molecule has 1 aliphatic rings. The number of piperidine rings is 1. The average Bonchev–Trinajstić information content (AvgIpc) is 2.27. The molecule has 0 saturated carbocycles. The summed E-state index contributed by atoms with van der Waals surface area (Å²) in [5.41, 5.74) is 0. The van der Waals surface area contributed by atoms with E-state index in [9.17, 15) is 0 Å². The monoisotopic (exact) mass is 212 g/mol. The molecule has 1 heterocycles. The van der Waals surface area contributed by atoms with Crippen LogP contribution in [0.3, 0.4) is 0 Å². The van der Waals surface area contributed by atoms with Crippen molar-refractivity contribution in [1.29, 1.82) is 0 Å². The fourth-order valence-corrected chi connectivity index (χ4v) is 2.51. The highest BCUT2D eigenvalue weighted by molar-refractivity contribution is 4.75. The van der Waals surface area contributed by atoms with Crippen LogP contribution in [0.15, 0.2) is 0 Å². The summed E-state index contributed by atoms with van der Waals surface area (Å²) in [4.78, 5) is 2.58. The number of nitrogens with zero attached hydrogens (tertiary/aromatic N) is 1. The zero-order valence-electron chi connectivity index (χ0n) is 10.8. The zero-order chi connectivity index (χ0) is 11.1. The maximum atomic E-state index is 3.67. The molecular weight excluding hydrogens is 184 g/mol. The standard InChI is InChI=1S/C13H28N2/c1-4-7-12(3)14-10-13-8-6-9-15(5-2)11-13/h12-14H,4-11H2,1-3H3. The molecule has 1 N–H and O–H groups in total. The number of likely N-dealkylation sites (tertiary alicyclic amines) is 1. The van der Waals surface area contributed by atoms with Gasteiger partial charge in [-0.3, -0.25) is 0 Å². The smallest absolute Gasteiger partial charge is 0.00387 e. The Morgan fingerprint density at radius 1 is 1.40 bits per heavy atom. The van der Waals surface area contributed by atoms with Gasteiger partial charge < -0.3 is 10.2 Å². The third-order valence-corrected chi connectivity index (χ3v) is 3.53. The molecule has 2 unspecified atom stereocenters. The second-order valence-corrected chi connectivity index (χ2v) is 5.00. The van der Waals surface area contributed by atoms with Crippen LogP contribution >= 0.6 is 0 Å². The first-order valence-electron chi connectivity index (χ1n) is 6.72. The van der Waals surface area contributed by atoms with Crippen molar-refractivity contribution in [1.82, 2.24) is 10.2 Å². The van der Waals surface area contributed by atoms with Gasteiger partial charge in [0.05, 0.1) is 0 Å². The molecule has 1 saturated heterocycles. The van der Waals surface area contributed by atoms with Crippen molar-refractivity contribution in [2.45, 2.75) is 52.5 Å². The molecule has 1 aliphatic heterocycles. The lowest BCUT2D eigenvalue weighted by Gasteiger charge is -2.32. The average molecular weight is 212 g/mol. The topological polar surface area (TPSA) is 15.3 Å². The molecule has 0 amide bonds. The molecule has 15 heavy (non-hydrogen) atoms. The Morgan fingerprint density at radius 3 is 2.87 bits per heavy atom. The van der Waals surface area contributed by atoms with Crippen molar-refractivity contribution in [3.05, 3.63) is 0 Å². The van der Waals surface area contributed by atoms with Gasteiger partial charge in [0.15, 0.2) is 0 Å². The Morgan fingerprint density at radius 2 is 2.20 bits per heavy atom. The van der Waals surface area contributed by atoms with Gasteiger partial charge in [0.1, 0.15) is 0 Å². The first-order valence-corrected chi connectivity index (χ1v) is 6.72. The van der Waals surface area contributed by atoms with Gasteiger partial charge in [-0.05, 0) is 51.7 Å². The summed E-state index contributed by atoms with van der Waals surface area (Å²) in [5, 5.41) is 3.67. The van der Waals surface area contributed by atoms with E-state index in [-0.39, 0.29) is 0 Å². The molecule has 0 aromatic heterocycles. The molecule has 0 spiro atoms. The highest BCUT2D eigenvalue weighted by atomic mass is 15.1. The highest BCUT2D eigenvalue weighted by Crippen LogP contribution is 2.15. The number of hydrogen-bond acceptors (Lipinski definition) is 2. The van der Waals surface area contributed by atoms with Crippen LogP contribution in [0.2, 0.25) is 0 Å². The van der Waals surface area contributed by atoms with Gasteiger partial charge in [0.2, 0.25) is 0 Å². The van der Waals surface area contributed by atoms with Gasteiger partial charge in [0, 0.05) is 12.6 Å². The van der Waals surface area contributed by atoms with Crippen LogP contribution in [0.25, 0.3) is 0 Å². The minimum Gasteiger partial charge on any atom is -0.314 e. The molecule has 0 aliphatic carbocycles. The summed E-state index contributed by atoms with van der Waals surface area (Å²) in [7, 11) is 0. The molecule has 0 aromatic carbocycles. The Hall–Kier alpha value is -0.0800. The summed E-state index contributed by atoms with van der Waals surface area (Å²) in [6.45, 7) is 11.9. The summed E-state index contributed by atoms with van der Waals surface area (Å²) in [6.07, 6.45) is 5.41. The van der Waals surface area contributed by atoms with Crippen LogP contribution < -0.4 is 5.32 Å². The van der Waals surface area contributed by atoms with Crippen molar-refractivity contribution in [2.75, 3.05) is 26.2 Å². The van der Waals surface area contributed by atoms with Crippen molar-refractivity contribution >= 4 is 0 Å². The molecule has 0 aromatic rings. The van der Waals surface area contributed by atoms with E-state index in [0.717, 1.165) is 5.92 Å². The SMILES string of the molecule is CCCC(C)NCC1CCCN(CC)C1. The zero-order valence-corrected chi connectivity index (χ0v) is 10.8. The van der Waals surface area contributed by atoms with E-state index < -0.39 is 0 Å². The molecule has 2 nitrogen and oxygen atoms in total. The predicted molar refractivity (Wildman–Crippen MR) is 67.2 cm³/mol. The van der Waals surface area contributed by atoms with E-state index in [0.29, 0.717) is 6.04 Å². The van der Waals surface area contributed by atoms with Crippen LogP contribution in [0, 0.1) is 5.92 Å². The lowest BCUT2D eigenvalue weighted by Crippen LogP contribution is -2.41. The third-order valence-electron chi connectivity index (χ3n) is 3.53. The largest absolute Gasteiger partial charge is 0.314 e. The van der Waals surface area contributed by atoms with Crippen LogP contribution in [0.5, 0.6) is 0 Å². The van der Waals surface area contributed by atoms with E-state index in [2.05, 4.69) is 31.0 Å². The van der Waals surface area contributed by atoms with Gasteiger partial charge in [-0.2, -0.15) is 0 Å². The molecule has 90 valence electrons. The summed E-state index contributed by atoms with van der Waals surface area (Å²) >= 11 is 0. The van der Waals surface area contributed by atoms with Crippen molar-refractivity contribution in [3.8, 4) is 0 Å². The van der Waals surface area contributed by atoms with E-state index in [4.69, 9.17) is 0 Å². The molecular formula is C13H28N2. The van der Waals surface area contributed by atoms with Crippen molar-refractivity contribution < 1.29 is 0 Å². The number of rotatable bonds is 6. The molecule has 2 atom stereocenters. The fraction of sp³-hybridized carbons (Fsp3) is 1.00. The van der Waals surface area contributed by atoms with E-state index in [1.807, 2.05) is 0 Å². The summed E-state index contributed by atoms with van der Waals surface area (Å²) in [6, 6.07) is 0.701. The lowest BCUT2D eigenvalue weighted by atomic mass is 9.97. The van der Waals surface area contributed by atoms with Gasteiger partial charge in [0.25, 0.3) is 0 Å². The summed E-state index contributed by atoms with van der Waals surface area (Å²) in [5.74, 6) is 0.887. The highest BCUT2D eigenvalue weighted by Gasteiger charge is 2.18. The Balaban J connectivity index is 2.14. The molecule has 1 rings (SSSR count). The van der Waals surface area contributed by atoms with E-state index >= 15 is 0 Å². The van der Waals surface area contributed by atoms with Crippen molar-refractivity contribution in [3.63, 3.8) is 0 Å². The second-order valence-electron chi connectivity index (χ2n) is 5.00. The van der Waals surface area contributed by atoms with Crippen LogP contribution in [-0.4, -0.2) is 37.1 Å². The second kappa shape index (κ2) is 7.24. The van der Waals surface area contributed by atoms with Crippen LogP contribution in [0.4, 0.5) is 0 Å². The minimum atomic E-state index is 0.701. The Labute approximate surface area is 95.4 Å². The quantitative estimate of drug-likeness (QED) is 0.728. The minimum absolute atomic E-state index is 0.701.